The number of hydrogen-bond donors (Lipinski definition) is 2. The highest BCUT2D eigenvalue weighted by Crippen LogP contribution is 2.22. The van der Waals surface area contributed by atoms with Gasteiger partial charge in [-0.1, -0.05) is 0 Å². The minimum Gasteiger partial charge on any atom is -0.508 e. The van der Waals surface area contributed by atoms with E-state index in [1.54, 1.807) is 18.3 Å². The molecule has 0 spiro atoms. The summed E-state index contributed by atoms with van der Waals surface area (Å²) in [6.45, 7) is 0.446. The van der Waals surface area contributed by atoms with Gasteiger partial charge in [-0.05, 0) is 30.3 Å². The van der Waals surface area contributed by atoms with Crippen LogP contribution in [0.25, 0.3) is 16.6 Å². The van der Waals surface area contributed by atoms with Crippen LogP contribution in [0, 0.1) is 0 Å². The lowest BCUT2D eigenvalue weighted by Crippen LogP contribution is -2.01. The molecule has 0 saturated carbocycles. The number of pyridine rings is 1. The molecule has 0 aliphatic carbocycles. The Kier molecular flexibility index (Phi) is 1.84. The van der Waals surface area contributed by atoms with Crippen LogP contribution < -0.4 is 5.73 Å². The summed E-state index contributed by atoms with van der Waals surface area (Å²) in [6.07, 6.45) is 1.78. The van der Waals surface area contributed by atoms with Gasteiger partial charge in [0.05, 0.1) is 17.4 Å². The Morgan fingerprint density at radius 2 is 2.12 bits per heavy atom. The predicted molar refractivity (Wildman–Crippen MR) is 62.3 cm³/mol. The molecule has 3 rings (SSSR count). The molecule has 1 aromatic carbocycles. The van der Waals surface area contributed by atoms with E-state index in [1.807, 2.05) is 22.6 Å². The highest BCUT2D eigenvalue weighted by Gasteiger charge is 2.05. The Morgan fingerprint density at radius 1 is 1.25 bits per heavy atom. The molecule has 0 amide bonds. The molecule has 0 saturated heterocycles. The number of phenols is 1. The third-order valence-corrected chi connectivity index (χ3v) is 2.74. The van der Waals surface area contributed by atoms with Crippen LogP contribution in [0.1, 0.15) is 5.69 Å². The fourth-order valence-corrected chi connectivity index (χ4v) is 1.99. The Morgan fingerprint density at radius 3 is 2.94 bits per heavy atom. The molecule has 0 aliphatic heterocycles. The zero-order valence-corrected chi connectivity index (χ0v) is 8.59. The van der Waals surface area contributed by atoms with Gasteiger partial charge in [0.1, 0.15) is 11.4 Å². The van der Waals surface area contributed by atoms with Crippen molar-refractivity contribution in [1.82, 2.24) is 9.38 Å². The summed E-state index contributed by atoms with van der Waals surface area (Å²) in [5.74, 6) is 0.265. The number of aromatic nitrogens is 2. The summed E-state index contributed by atoms with van der Waals surface area (Å²) in [6, 6.07) is 9.13. The first kappa shape index (κ1) is 9.18. The maximum atomic E-state index is 9.43. The molecule has 0 fully saturated rings. The number of nitrogens with zero attached hydrogens (tertiary/aromatic N) is 2. The van der Waals surface area contributed by atoms with Crippen LogP contribution in [0.5, 0.6) is 5.75 Å². The Hall–Kier alpha value is -2.07. The lowest BCUT2D eigenvalue weighted by atomic mass is 10.2. The summed E-state index contributed by atoms with van der Waals surface area (Å²) in [7, 11) is 0. The topological polar surface area (TPSA) is 63.5 Å². The fraction of sp³-hybridized carbons (Fsp3) is 0.0833. The van der Waals surface area contributed by atoms with Gasteiger partial charge in [0, 0.05) is 11.9 Å². The van der Waals surface area contributed by atoms with Crippen LogP contribution in [0.3, 0.4) is 0 Å². The average Bonchev–Trinajstić information content (AvgIpc) is 2.71. The van der Waals surface area contributed by atoms with Gasteiger partial charge in [-0.2, -0.15) is 0 Å². The van der Waals surface area contributed by atoms with Gasteiger partial charge in [0.15, 0.2) is 0 Å². The molecule has 2 aromatic heterocycles. The van der Waals surface area contributed by atoms with Crippen molar-refractivity contribution in [1.29, 1.82) is 0 Å². The minimum atomic E-state index is 0.265. The van der Waals surface area contributed by atoms with E-state index in [1.165, 1.54) is 0 Å². The smallest absolute Gasteiger partial charge is 0.137 e. The number of hydrogen-bond acceptors (Lipinski definition) is 3. The molecule has 4 heteroatoms. The maximum Gasteiger partial charge on any atom is 0.137 e. The molecular weight excluding hydrogens is 202 g/mol. The number of aromatic hydroxyl groups is 1. The zero-order valence-electron chi connectivity index (χ0n) is 8.59. The van der Waals surface area contributed by atoms with E-state index in [0.717, 1.165) is 22.2 Å². The minimum absolute atomic E-state index is 0.265. The number of rotatable bonds is 1. The first-order valence-corrected chi connectivity index (χ1v) is 5.08. The van der Waals surface area contributed by atoms with Gasteiger partial charge < -0.3 is 10.8 Å². The molecule has 2 heterocycles. The second-order valence-corrected chi connectivity index (χ2v) is 3.72. The first-order chi connectivity index (χ1) is 7.79. The first-order valence-electron chi connectivity index (χ1n) is 5.08. The highest BCUT2D eigenvalue weighted by molar-refractivity contribution is 5.83. The van der Waals surface area contributed by atoms with Crippen molar-refractivity contribution in [2.75, 3.05) is 0 Å². The third-order valence-electron chi connectivity index (χ3n) is 2.74. The van der Waals surface area contributed by atoms with Crippen molar-refractivity contribution in [2.24, 2.45) is 5.73 Å². The molecule has 0 radical (unpaired) electrons. The number of phenolic OH excluding ortho intramolecular Hbond substituents is 1. The normalized spacial score (nSPS) is 11.3. The number of fused-ring (bicyclic) bond motifs is 3. The Labute approximate surface area is 91.9 Å². The molecule has 0 atom stereocenters. The molecule has 4 nitrogen and oxygen atoms in total. The number of imidazole rings is 1. The van der Waals surface area contributed by atoms with Crippen LogP contribution in [-0.4, -0.2) is 14.5 Å². The summed E-state index contributed by atoms with van der Waals surface area (Å²) >= 11 is 0. The van der Waals surface area contributed by atoms with E-state index in [-0.39, 0.29) is 5.75 Å². The second kappa shape index (κ2) is 3.21. The van der Waals surface area contributed by atoms with Crippen LogP contribution in [0.2, 0.25) is 0 Å². The standard InChI is InChI=1S/C12H11N3O/c13-6-9-7-14-12-4-1-8-5-10(16)2-3-11(8)15(9)12/h1-5,7,16H,6,13H2. The van der Waals surface area contributed by atoms with Gasteiger partial charge in [0.2, 0.25) is 0 Å². The lowest BCUT2D eigenvalue weighted by Gasteiger charge is -2.05. The van der Waals surface area contributed by atoms with E-state index < -0.39 is 0 Å². The molecular formula is C12H11N3O. The van der Waals surface area contributed by atoms with Gasteiger partial charge in [-0.15, -0.1) is 0 Å². The molecule has 0 bridgehead atoms. The molecule has 0 unspecified atom stereocenters. The Balaban J connectivity index is 2.51. The Bertz CT molecular complexity index is 672. The zero-order chi connectivity index (χ0) is 11.1. The number of nitrogens with two attached hydrogens (primary N) is 1. The third kappa shape index (κ3) is 1.17. The molecule has 16 heavy (non-hydrogen) atoms. The van der Waals surface area contributed by atoms with Crippen LogP contribution in [0.15, 0.2) is 36.5 Å². The maximum absolute atomic E-state index is 9.43. The van der Waals surface area contributed by atoms with Gasteiger partial charge in [0.25, 0.3) is 0 Å². The summed E-state index contributed by atoms with van der Waals surface area (Å²) < 4.78 is 2.01. The summed E-state index contributed by atoms with van der Waals surface area (Å²) in [4.78, 5) is 4.28. The van der Waals surface area contributed by atoms with Crippen LogP contribution >= 0.6 is 0 Å². The second-order valence-electron chi connectivity index (χ2n) is 3.72. The van der Waals surface area contributed by atoms with Gasteiger partial charge >= 0.3 is 0 Å². The summed E-state index contributed by atoms with van der Waals surface area (Å²) in [5, 5.41) is 10.4. The fourth-order valence-electron chi connectivity index (χ4n) is 1.99. The van der Waals surface area contributed by atoms with Gasteiger partial charge in [-0.3, -0.25) is 4.40 Å². The van der Waals surface area contributed by atoms with Crippen LogP contribution in [-0.2, 0) is 6.54 Å². The average molecular weight is 213 g/mol. The van der Waals surface area contributed by atoms with Crippen molar-refractivity contribution in [2.45, 2.75) is 6.54 Å². The van der Waals surface area contributed by atoms with E-state index in [9.17, 15) is 5.11 Å². The van der Waals surface area contributed by atoms with Crippen molar-refractivity contribution in [3.63, 3.8) is 0 Å². The monoisotopic (exact) mass is 213 g/mol. The molecule has 3 aromatic rings. The highest BCUT2D eigenvalue weighted by atomic mass is 16.3. The van der Waals surface area contributed by atoms with Crippen molar-refractivity contribution in [3.05, 3.63) is 42.2 Å². The SMILES string of the molecule is NCc1cnc2ccc3cc(O)ccc3n12. The molecule has 3 N–H and O–H groups in total. The number of benzene rings is 1. The van der Waals surface area contributed by atoms with Gasteiger partial charge in [-0.25, -0.2) is 4.98 Å². The van der Waals surface area contributed by atoms with Crippen LogP contribution in [0.4, 0.5) is 0 Å². The van der Waals surface area contributed by atoms with E-state index in [2.05, 4.69) is 4.98 Å². The van der Waals surface area contributed by atoms with E-state index in [0.29, 0.717) is 6.54 Å². The quantitative estimate of drug-likeness (QED) is 0.646. The lowest BCUT2D eigenvalue weighted by molar-refractivity contribution is 0.476. The summed E-state index contributed by atoms with van der Waals surface area (Å²) in [5.41, 5.74) is 8.52. The largest absolute Gasteiger partial charge is 0.508 e. The molecule has 80 valence electrons. The van der Waals surface area contributed by atoms with E-state index in [4.69, 9.17) is 5.73 Å². The van der Waals surface area contributed by atoms with E-state index >= 15 is 0 Å². The van der Waals surface area contributed by atoms with Crippen molar-refractivity contribution in [3.8, 4) is 5.75 Å². The molecule has 0 aliphatic rings. The van der Waals surface area contributed by atoms with Crippen molar-refractivity contribution < 1.29 is 5.11 Å². The predicted octanol–water partition coefficient (Wildman–Crippen LogP) is 1.65. The van der Waals surface area contributed by atoms with Crippen molar-refractivity contribution >= 4 is 16.6 Å².